The number of aromatic nitrogens is 1. The Bertz CT molecular complexity index is 1370. The van der Waals surface area contributed by atoms with Gasteiger partial charge in [0.2, 0.25) is 11.8 Å². The van der Waals surface area contributed by atoms with E-state index in [0.29, 0.717) is 24.3 Å². The lowest BCUT2D eigenvalue weighted by atomic mass is 9.79. The van der Waals surface area contributed by atoms with Gasteiger partial charge in [-0.15, -0.1) is 0 Å². The van der Waals surface area contributed by atoms with Crippen molar-refractivity contribution in [2.45, 2.75) is 44.2 Å². The molecule has 0 bridgehead atoms. The van der Waals surface area contributed by atoms with E-state index < -0.39 is 23.4 Å². The van der Waals surface area contributed by atoms with Gasteiger partial charge in [-0.05, 0) is 48.6 Å². The third-order valence-corrected chi connectivity index (χ3v) is 7.48. The predicted molar refractivity (Wildman–Crippen MR) is 140 cm³/mol. The normalized spacial score (nSPS) is 21.4. The molecule has 1 fully saturated rings. The molecule has 3 atom stereocenters. The van der Waals surface area contributed by atoms with Gasteiger partial charge in [0.15, 0.2) is 0 Å². The lowest BCUT2D eigenvalue weighted by Gasteiger charge is -2.29. The second-order valence-corrected chi connectivity index (χ2v) is 10.3. The minimum Gasteiger partial charge on any atom is -0.496 e. The van der Waals surface area contributed by atoms with Crippen molar-refractivity contribution in [3.8, 4) is 5.75 Å². The summed E-state index contributed by atoms with van der Waals surface area (Å²) in [7, 11) is 1.57. The van der Waals surface area contributed by atoms with Gasteiger partial charge in [-0.2, -0.15) is 0 Å². The first kappa shape index (κ1) is 24.8. The molecule has 3 aromatic rings. The van der Waals surface area contributed by atoms with Gasteiger partial charge < -0.3 is 30.4 Å². The number of benzene rings is 2. The van der Waals surface area contributed by atoms with E-state index in [1.54, 1.807) is 18.1 Å². The second kappa shape index (κ2) is 9.55. The molecule has 0 aliphatic carbocycles. The van der Waals surface area contributed by atoms with E-state index in [2.05, 4.69) is 15.6 Å². The number of hydrogen-bond acceptors (Lipinski definition) is 5. The van der Waals surface area contributed by atoms with Crippen molar-refractivity contribution in [2.75, 3.05) is 25.6 Å². The number of aromatic amines is 1. The van der Waals surface area contributed by atoms with Crippen molar-refractivity contribution in [2.24, 2.45) is 5.92 Å². The molecule has 1 saturated heterocycles. The van der Waals surface area contributed by atoms with E-state index in [1.165, 1.54) is 0 Å². The van der Waals surface area contributed by atoms with Gasteiger partial charge in [0.05, 0.1) is 25.2 Å². The lowest BCUT2D eigenvalue weighted by Crippen LogP contribution is -2.52. The van der Waals surface area contributed by atoms with Crippen molar-refractivity contribution >= 4 is 34.3 Å². The van der Waals surface area contributed by atoms with Gasteiger partial charge >= 0.3 is 0 Å². The van der Waals surface area contributed by atoms with Crippen LogP contribution in [0.4, 0.5) is 5.69 Å². The number of para-hydroxylation sites is 1. The number of anilines is 1. The maximum atomic E-state index is 13.9. The first-order chi connectivity index (χ1) is 17.8. The Morgan fingerprint density at radius 3 is 2.73 bits per heavy atom. The molecule has 1 aromatic heterocycles. The highest BCUT2D eigenvalue weighted by Crippen LogP contribution is 2.46. The number of methoxy groups -OCH3 is 1. The number of ether oxygens (including phenoxy) is 1. The summed E-state index contributed by atoms with van der Waals surface area (Å²) >= 11 is 0. The number of likely N-dealkylation sites (tertiary alicyclic amines) is 1. The summed E-state index contributed by atoms with van der Waals surface area (Å²) in [5, 5.41) is 16.8. The zero-order chi connectivity index (χ0) is 26.3. The van der Waals surface area contributed by atoms with Gasteiger partial charge in [-0.25, -0.2) is 0 Å². The highest BCUT2D eigenvalue weighted by atomic mass is 16.5. The Labute approximate surface area is 215 Å². The minimum atomic E-state index is -0.917. The molecular weight excluding hydrogens is 472 g/mol. The molecule has 2 aromatic carbocycles. The van der Waals surface area contributed by atoms with Crippen molar-refractivity contribution in [3.05, 3.63) is 59.8 Å². The summed E-state index contributed by atoms with van der Waals surface area (Å²) in [4.78, 5) is 45.0. The molecule has 5 rings (SSSR count). The number of aliphatic hydroxyl groups is 1. The van der Waals surface area contributed by atoms with E-state index in [1.807, 2.05) is 56.3 Å². The number of nitrogens with zero attached hydrogens (tertiary/aromatic N) is 1. The quantitative estimate of drug-likeness (QED) is 0.394. The summed E-state index contributed by atoms with van der Waals surface area (Å²) in [5.41, 5.74) is 1.73. The molecule has 4 N–H and O–H groups in total. The standard InChI is InChI=1S/C28H32N4O5/c1-16(2)11-23(30-25(34)22-12-18-20(29-22)9-6-10-24(18)37-3)26(35)32-15-28(13-17(32)14-33)19-7-4-5-8-21(19)31-27(28)36/h4-10,12,16-17,23,29,33H,11,13-15H2,1-3H3,(H,30,34)(H,31,36)/t17-,23?,28-/m0/s1. The molecule has 0 radical (unpaired) electrons. The van der Waals surface area contributed by atoms with E-state index >= 15 is 0 Å². The molecule has 2 aliphatic rings. The van der Waals surface area contributed by atoms with Crippen LogP contribution in [0.15, 0.2) is 48.5 Å². The van der Waals surface area contributed by atoms with Crippen LogP contribution < -0.4 is 15.4 Å². The maximum absolute atomic E-state index is 13.9. The van der Waals surface area contributed by atoms with Crippen LogP contribution in [0.5, 0.6) is 5.75 Å². The lowest BCUT2D eigenvalue weighted by molar-refractivity contribution is -0.135. The number of carbonyl (C=O) groups is 3. The summed E-state index contributed by atoms with van der Waals surface area (Å²) in [6, 6.07) is 13.3. The number of aliphatic hydroxyl groups excluding tert-OH is 1. The molecular formula is C28H32N4O5. The minimum absolute atomic E-state index is 0.122. The molecule has 37 heavy (non-hydrogen) atoms. The third kappa shape index (κ3) is 4.23. The first-order valence-corrected chi connectivity index (χ1v) is 12.6. The van der Waals surface area contributed by atoms with Crippen molar-refractivity contribution in [3.63, 3.8) is 0 Å². The molecule has 9 heteroatoms. The van der Waals surface area contributed by atoms with Crippen molar-refractivity contribution in [1.82, 2.24) is 15.2 Å². The molecule has 3 heterocycles. The summed E-state index contributed by atoms with van der Waals surface area (Å²) in [6.07, 6.45) is 0.737. The topological polar surface area (TPSA) is 124 Å². The van der Waals surface area contributed by atoms with E-state index in [9.17, 15) is 19.5 Å². The number of rotatable bonds is 7. The Morgan fingerprint density at radius 1 is 1.22 bits per heavy atom. The molecule has 194 valence electrons. The smallest absolute Gasteiger partial charge is 0.268 e. The van der Waals surface area contributed by atoms with Gasteiger partial charge in [0, 0.05) is 23.1 Å². The largest absolute Gasteiger partial charge is 0.496 e. The van der Waals surface area contributed by atoms with Crippen LogP contribution in [-0.2, 0) is 15.0 Å². The Morgan fingerprint density at radius 2 is 2.00 bits per heavy atom. The van der Waals surface area contributed by atoms with Crippen LogP contribution in [0.25, 0.3) is 10.9 Å². The number of amides is 3. The van der Waals surface area contributed by atoms with E-state index in [4.69, 9.17) is 4.74 Å². The van der Waals surface area contributed by atoms with Crippen molar-refractivity contribution in [1.29, 1.82) is 0 Å². The van der Waals surface area contributed by atoms with Gasteiger partial charge in [0.25, 0.3) is 5.91 Å². The van der Waals surface area contributed by atoms with E-state index in [0.717, 1.165) is 22.2 Å². The summed E-state index contributed by atoms with van der Waals surface area (Å²) < 4.78 is 5.39. The predicted octanol–water partition coefficient (Wildman–Crippen LogP) is 2.80. The van der Waals surface area contributed by atoms with Crippen LogP contribution in [0.3, 0.4) is 0 Å². The fourth-order valence-electron chi connectivity index (χ4n) is 5.71. The zero-order valence-corrected chi connectivity index (χ0v) is 21.2. The highest BCUT2D eigenvalue weighted by Gasteiger charge is 2.56. The van der Waals surface area contributed by atoms with Gasteiger partial charge in [-0.1, -0.05) is 38.1 Å². The van der Waals surface area contributed by atoms with Gasteiger partial charge in [0.1, 0.15) is 17.5 Å². The molecule has 1 unspecified atom stereocenters. The Hall–Kier alpha value is -3.85. The number of carbonyl (C=O) groups excluding carboxylic acids is 3. The number of nitrogens with one attached hydrogen (secondary N) is 3. The van der Waals surface area contributed by atoms with Crippen LogP contribution in [0, 0.1) is 5.92 Å². The van der Waals surface area contributed by atoms with Crippen LogP contribution in [0.2, 0.25) is 0 Å². The Kier molecular flexibility index (Phi) is 6.41. The maximum Gasteiger partial charge on any atom is 0.268 e. The van der Waals surface area contributed by atoms with E-state index in [-0.39, 0.29) is 30.9 Å². The first-order valence-electron chi connectivity index (χ1n) is 12.6. The Balaban J connectivity index is 1.41. The fourth-order valence-corrected chi connectivity index (χ4v) is 5.71. The molecule has 0 saturated carbocycles. The average molecular weight is 505 g/mol. The summed E-state index contributed by atoms with van der Waals surface area (Å²) in [6.45, 7) is 3.84. The monoisotopic (exact) mass is 504 g/mol. The van der Waals surface area contributed by atoms with Crippen LogP contribution >= 0.6 is 0 Å². The molecule has 3 amide bonds. The highest BCUT2D eigenvalue weighted by molar-refractivity contribution is 6.07. The summed E-state index contributed by atoms with van der Waals surface area (Å²) in [5.74, 6) is -0.110. The average Bonchev–Trinajstić information content (AvgIpc) is 3.57. The van der Waals surface area contributed by atoms with Crippen LogP contribution in [0.1, 0.15) is 42.7 Å². The second-order valence-electron chi connectivity index (χ2n) is 10.3. The van der Waals surface area contributed by atoms with Crippen LogP contribution in [-0.4, -0.2) is 65.1 Å². The molecule has 2 aliphatic heterocycles. The third-order valence-electron chi connectivity index (χ3n) is 7.48. The SMILES string of the molecule is COc1cccc2[nH]c(C(=O)NC(CC(C)C)C(=O)N3C[C@]4(C[C@H]3CO)C(=O)Nc3ccccc34)cc12. The molecule has 1 spiro atoms. The van der Waals surface area contributed by atoms with Crippen molar-refractivity contribution < 1.29 is 24.2 Å². The fraction of sp³-hybridized carbons (Fsp3) is 0.393. The number of fused-ring (bicyclic) bond motifs is 3. The van der Waals surface area contributed by atoms with Gasteiger partial charge in [-0.3, -0.25) is 14.4 Å². The number of H-pyrrole nitrogens is 1. The zero-order valence-electron chi connectivity index (χ0n) is 21.2. The number of hydrogen-bond donors (Lipinski definition) is 4. The molecule has 9 nitrogen and oxygen atoms in total.